The second-order valence-corrected chi connectivity index (χ2v) is 4.29. The summed E-state index contributed by atoms with van der Waals surface area (Å²) in [6.45, 7) is 2.54. The van der Waals surface area contributed by atoms with Gasteiger partial charge < -0.3 is 9.47 Å². The summed E-state index contributed by atoms with van der Waals surface area (Å²) in [5, 5.41) is 0. The van der Waals surface area contributed by atoms with E-state index >= 15 is 0 Å². The molecular formula is C12H15BrO3. The van der Waals surface area contributed by atoms with Gasteiger partial charge in [-0.3, -0.25) is 4.79 Å². The Morgan fingerprint density at radius 1 is 1.44 bits per heavy atom. The molecule has 1 rings (SSSR count). The number of carbonyl (C=O) groups is 1. The zero-order chi connectivity index (χ0) is 12.0. The Bertz CT molecular complexity index is 363. The van der Waals surface area contributed by atoms with Gasteiger partial charge in [0.25, 0.3) is 0 Å². The zero-order valence-electron chi connectivity index (χ0n) is 9.46. The van der Waals surface area contributed by atoms with Crippen LogP contribution in [0.25, 0.3) is 0 Å². The first-order chi connectivity index (χ1) is 7.63. The summed E-state index contributed by atoms with van der Waals surface area (Å²) >= 11 is 3.44. The first-order valence-electron chi connectivity index (χ1n) is 5.09. The number of aryl methyl sites for hydroxylation is 1. The fraction of sp³-hybridized carbons (Fsp3) is 0.417. The van der Waals surface area contributed by atoms with Crippen molar-refractivity contribution in [3.8, 4) is 5.75 Å². The molecule has 0 saturated carbocycles. The van der Waals surface area contributed by atoms with E-state index in [0.717, 1.165) is 10.2 Å². The van der Waals surface area contributed by atoms with Crippen LogP contribution in [0.4, 0.5) is 0 Å². The average Bonchev–Trinajstić information content (AvgIpc) is 2.28. The van der Waals surface area contributed by atoms with Crippen molar-refractivity contribution in [1.82, 2.24) is 0 Å². The summed E-state index contributed by atoms with van der Waals surface area (Å²) < 4.78 is 11.1. The Morgan fingerprint density at radius 2 is 2.19 bits per heavy atom. The number of rotatable bonds is 5. The molecule has 0 aromatic heterocycles. The lowest BCUT2D eigenvalue weighted by Gasteiger charge is -2.07. The van der Waals surface area contributed by atoms with E-state index in [1.165, 1.54) is 12.7 Å². The maximum atomic E-state index is 10.8. The van der Waals surface area contributed by atoms with Gasteiger partial charge >= 0.3 is 5.97 Å². The Morgan fingerprint density at radius 3 is 2.81 bits per heavy atom. The van der Waals surface area contributed by atoms with Crippen LogP contribution in [0.2, 0.25) is 0 Å². The number of halogens is 1. The van der Waals surface area contributed by atoms with Crippen LogP contribution in [0, 0.1) is 6.92 Å². The number of ether oxygens (including phenoxy) is 2. The fourth-order valence-corrected chi connectivity index (χ4v) is 1.53. The molecule has 1 aromatic rings. The van der Waals surface area contributed by atoms with Gasteiger partial charge in [0.15, 0.2) is 0 Å². The van der Waals surface area contributed by atoms with Gasteiger partial charge in [-0.15, -0.1) is 0 Å². The van der Waals surface area contributed by atoms with Gasteiger partial charge in [-0.05, 0) is 31.0 Å². The molecule has 4 heteroatoms. The van der Waals surface area contributed by atoms with E-state index in [2.05, 4.69) is 20.7 Å². The van der Waals surface area contributed by atoms with Crippen LogP contribution < -0.4 is 4.74 Å². The van der Waals surface area contributed by atoms with Crippen LogP contribution in [-0.2, 0) is 9.53 Å². The van der Waals surface area contributed by atoms with E-state index in [9.17, 15) is 4.79 Å². The molecule has 0 fully saturated rings. The monoisotopic (exact) mass is 286 g/mol. The molecular weight excluding hydrogens is 272 g/mol. The highest BCUT2D eigenvalue weighted by atomic mass is 79.9. The standard InChI is InChI=1S/C12H15BrO3/c1-9-5-6-10(8-11(9)13)16-7-3-4-12(14)15-2/h5-6,8H,3-4,7H2,1-2H3. The molecule has 0 atom stereocenters. The minimum Gasteiger partial charge on any atom is -0.494 e. The van der Waals surface area contributed by atoms with Gasteiger partial charge in [0.2, 0.25) is 0 Å². The van der Waals surface area contributed by atoms with E-state index < -0.39 is 0 Å². The topological polar surface area (TPSA) is 35.5 Å². The molecule has 0 N–H and O–H groups in total. The van der Waals surface area contributed by atoms with Crippen molar-refractivity contribution < 1.29 is 14.3 Å². The number of benzene rings is 1. The molecule has 88 valence electrons. The number of hydrogen-bond acceptors (Lipinski definition) is 3. The zero-order valence-corrected chi connectivity index (χ0v) is 11.0. The van der Waals surface area contributed by atoms with Gasteiger partial charge in [-0.2, -0.15) is 0 Å². The first-order valence-corrected chi connectivity index (χ1v) is 5.88. The van der Waals surface area contributed by atoms with E-state index in [1.807, 2.05) is 25.1 Å². The lowest BCUT2D eigenvalue weighted by Crippen LogP contribution is -2.04. The Hall–Kier alpha value is -1.03. The average molecular weight is 287 g/mol. The van der Waals surface area contributed by atoms with Crippen molar-refractivity contribution >= 4 is 21.9 Å². The highest BCUT2D eigenvalue weighted by Crippen LogP contribution is 2.22. The van der Waals surface area contributed by atoms with E-state index in [-0.39, 0.29) is 5.97 Å². The molecule has 0 unspecified atom stereocenters. The number of esters is 1. The molecule has 0 aliphatic carbocycles. The van der Waals surface area contributed by atoms with Crippen molar-refractivity contribution in [1.29, 1.82) is 0 Å². The summed E-state index contributed by atoms with van der Waals surface area (Å²) in [4.78, 5) is 10.8. The first kappa shape index (κ1) is 13.0. The summed E-state index contributed by atoms with van der Waals surface area (Å²) in [6.07, 6.45) is 1.06. The summed E-state index contributed by atoms with van der Waals surface area (Å²) in [6, 6.07) is 5.82. The predicted molar refractivity (Wildman–Crippen MR) is 65.6 cm³/mol. The van der Waals surface area contributed by atoms with Crippen molar-refractivity contribution in [2.45, 2.75) is 19.8 Å². The Kier molecular flexibility index (Phi) is 5.32. The second kappa shape index (κ2) is 6.53. The maximum Gasteiger partial charge on any atom is 0.305 e. The van der Waals surface area contributed by atoms with Crippen LogP contribution in [0.3, 0.4) is 0 Å². The highest BCUT2D eigenvalue weighted by Gasteiger charge is 2.01. The molecule has 0 amide bonds. The van der Waals surface area contributed by atoms with Crippen LogP contribution in [0.5, 0.6) is 5.75 Å². The highest BCUT2D eigenvalue weighted by molar-refractivity contribution is 9.10. The van der Waals surface area contributed by atoms with Gasteiger partial charge in [0.1, 0.15) is 5.75 Å². The third kappa shape index (κ3) is 4.23. The molecule has 0 radical (unpaired) electrons. The molecule has 1 aromatic carbocycles. The smallest absolute Gasteiger partial charge is 0.305 e. The van der Waals surface area contributed by atoms with E-state index in [0.29, 0.717) is 19.4 Å². The van der Waals surface area contributed by atoms with Gasteiger partial charge in [0, 0.05) is 10.9 Å². The van der Waals surface area contributed by atoms with Gasteiger partial charge in [-0.1, -0.05) is 22.0 Å². The molecule has 0 aliphatic rings. The quantitative estimate of drug-likeness (QED) is 0.616. The number of methoxy groups -OCH3 is 1. The minimum absolute atomic E-state index is 0.200. The van der Waals surface area contributed by atoms with Crippen LogP contribution in [0.1, 0.15) is 18.4 Å². The van der Waals surface area contributed by atoms with Crippen LogP contribution >= 0.6 is 15.9 Å². The molecule has 16 heavy (non-hydrogen) atoms. The molecule has 3 nitrogen and oxygen atoms in total. The van der Waals surface area contributed by atoms with Gasteiger partial charge in [0.05, 0.1) is 13.7 Å². The lowest BCUT2D eigenvalue weighted by atomic mass is 10.2. The summed E-state index contributed by atoms with van der Waals surface area (Å²) in [5.74, 6) is 0.607. The van der Waals surface area contributed by atoms with Crippen molar-refractivity contribution in [3.05, 3.63) is 28.2 Å². The molecule has 0 spiro atoms. The summed E-state index contributed by atoms with van der Waals surface area (Å²) in [5.41, 5.74) is 1.17. The van der Waals surface area contributed by atoms with Gasteiger partial charge in [-0.25, -0.2) is 0 Å². The van der Waals surface area contributed by atoms with Crippen LogP contribution in [-0.4, -0.2) is 19.7 Å². The third-order valence-corrected chi connectivity index (χ3v) is 3.02. The SMILES string of the molecule is COC(=O)CCCOc1ccc(C)c(Br)c1. The number of carbonyl (C=O) groups excluding carboxylic acids is 1. The Labute approximate surface area is 104 Å². The third-order valence-electron chi connectivity index (χ3n) is 2.16. The number of hydrogen-bond donors (Lipinski definition) is 0. The minimum atomic E-state index is -0.200. The molecule has 0 saturated heterocycles. The molecule has 0 aliphatic heterocycles. The van der Waals surface area contributed by atoms with Crippen molar-refractivity contribution in [2.24, 2.45) is 0 Å². The lowest BCUT2D eigenvalue weighted by molar-refractivity contribution is -0.140. The predicted octanol–water partition coefficient (Wildman–Crippen LogP) is 3.09. The largest absolute Gasteiger partial charge is 0.494 e. The van der Waals surface area contributed by atoms with Crippen molar-refractivity contribution in [2.75, 3.05) is 13.7 Å². The van der Waals surface area contributed by atoms with E-state index in [1.54, 1.807) is 0 Å². The normalized spacial score (nSPS) is 9.94. The maximum absolute atomic E-state index is 10.8. The van der Waals surface area contributed by atoms with E-state index in [4.69, 9.17) is 4.74 Å². The fourth-order valence-electron chi connectivity index (χ4n) is 1.17. The molecule has 0 bridgehead atoms. The molecule has 0 heterocycles. The Balaban J connectivity index is 2.32. The van der Waals surface area contributed by atoms with Crippen molar-refractivity contribution in [3.63, 3.8) is 0 Å². The summed E-state index contributed by atoms with van der Waals surface area (Å²) in [7, 11) is 1.39. The second-order valence-electron chi connectivity index (χ2n) is 3.44. The van der Waals surface area contributed by atoms with Crippen LogP contribution in [0.15, 0.2) is 22.7 Å².